The Kier molecular flexibility index (Phi) is 8.22. The molecule has 3 amide bonds. The molecule has 0 aliphatic heterocycles. The summed E-state index contributed by atoms with van der Waals surface area (Å²) in [6.07, 6.45) is 1.60. The number of aryl methyl sites for hydroxylation is 1. The minimum Gasteiger partial charge on any atom is -0.494 e. The molecule has 3 aromatic rings. The summed E-state index contributed by atoms with van der Waals surface area (Å²) in [5, 5.41) is 18.5. The molecule has 15 heteroatoms. The minimum atomic E-state index is -2.01. The van der Waals surface area contributed by atoms with Gasteiger partial charge in [-0.05, 0) is 38.0 Å². The summed E-state index contributed by atoms with van der Waals surface area (Å²) >= 11 is 0. The van der Waals surface area contributed by atoms with Crippen LogP contribution in [0, 0.1) is 5.92 Å². The van der Waals surface area contributed by atoms with E-state index >= 15 is 0 Å². The summed E-state index contributed by atoms with van der Waals surface area (Å²) in [7, 11) is 21.5. The molecule has 0 atom stereocenters. The Balaban J connectivity index is 1.73. The maximum absolute atomic E-state index is 12.9. The van der Waals surface area contributed by atoms with E-state index in [4.69, 9.17) is 28.3 Å². The molecule has 3 N–H and O–H groups in total. The Morgan fingerprint density at radius 1 is 1.15 bits per heavy atom. The third kappa shape index (κ3) is 6.46. The lowest BCUT2D eigenvalue weighted by Gasteiger charge is -2.23. The maximum Gasteiger partial charge on any atom is 0.272 e. The Labute approximate surface area is 235 Å². The van der Waals surface area contributed by atoms with Crippen molar-refractivity contribution in [3.63, 3.8) is 0 Å². The number of nitrogens with one attached hydrogen (secondary N) is 3. The molecule has 4 rings (SSSR count). The molecule has 40 heavy (non-hydrogen) atoms. The highest BCUT2D eigenvalue weighted by molar-refractivity contribution is 6.60. The Hall–Kier alpha value is -4.29. The fraction of sp³-hybridized carbons (Fsp3) is 0.360. The van der Waals surface area contributed by atoms with Gasteiger partial charge in [-0.1, -0.05) is 11.3 Å². The molecule has 0 unspecified atom stereocenters. The second-order valence-corrected chi connectivity index (χ2v) is 9.51. The zero-order valence-electron chi connectivity index (χ0n) is 22.7. The highest BCUT2D eigenvalue weighted by Crippen LogP contribution is 2.38. The van der Waals surface area contributed by atoms with Crippen molar-refractivity contribution >= 4 is 58.5 Å². The van der Waals surface area contributed by atoms with E-state index in [1.807, 2.05) is 6.92 Å². The van der Waals surface area contributed by atoms with Crippen LogP contribution in [0.3, 0.4) is 0 Å². The molecule has 1 fully saturated rings. The Morgan fingerprint density at radius 3 is 2.50 bits per heavy atom. The number of methoxy groups -OCH3 is 1. The number of para-hydroxylation sites is 1. The Bertz CT molecular complexity index is 1450. The van der Waals surface area contributed by atoms with Gasteiger partial charge in [0.05, 0.1) is 47.7 Å². The summed E-state index contributed by atoms with van der Waals surface area (Å²) < 4.78 is 7.23. The van der Waals surface area contributed by atoms with E-state index in [9.17, 15) is 14.4 Å². The van der Waals surface area contributed by atoms with Crippen LogP contribution in [0.1, 0.15) is 40.7 Å². The average Bonchev–Trinajstić information content (AvgIpc) is 3.68. The van der Waals surface area contributed by atoms with E-state index in [1.54, 1.807) is 43.3 Å². The lowest BCUT2D eigenvalue weighted by Crippen LogP contribution is -2.50. The zero-order valence-corrected chi connectivity index (χ0v) is 22.7. The molecule has 0 saturated heterocycles. The van der Waals surface area contributed by atoms with E-state index in [0.29, 0.717) is 34.9 Å². The van der Waals surface area contributed by atoms with Gasteiger partial charge in [0.25, 0.3) is 11.8 Å². The van der Waals surface area contributed by atoms with E-state index in [0.717, 1.165) is 12.8 Å². The van der Waals surface area contributed by atoms with Crippen LogP contribution in [0.5, 0.6) is 5.75 Å². The number of hydrogen-bond donors (Lipinski definition) is 3. The third-order valence-corrected chi connectivity index (χ3v) is 6.22. The van der Waals surface area contributed by atoms with E-state index in [1.165, 1.54) is 17.9 Å². The average molecular weight is 536 g/mol. The van der Waals surface area contributed by atoms with E-state index in [2.05, 4.69) is 31.2 Å². The molecular weight excluding hydrogens is 509 g/mol. The molecular formula is C25H27B3N8O4. The molecule has 2 aromatic heterocycles. The molecule has 1 aliphatic carbocycles. The van der Waals surface area contributed by atoms with Gasteiger partial charge in [-0.15, -0.1) is 10.2 Å². The molecule has 2 heterocycles. The number of rotatable bonds is 10. The van der Waals surface area contributed by atoms with Gasteiger partial charge in [0.2, 0.25) is 5.91 Å². The fourth-order valence-electron chi connectivity index (χ4n) is 3.89. The quantitative estimate of drug-likeness (QED) is 0.325. The van der Waals surface area contributed by atoms with Gasteiger partial charge in [-0.2, -0.15) is 5.10 Å². The van der Waals surface area contributed by atoms with Crippen LogP contribution in [0.4, 0.5) is 17.2 Å². The smallest absolute Gasteiger partial charge is 0.272 e. The predicted octanol–water partition coefficient (Wildman–Crippen LogP) is 0.916. The fourth-order valence-corrected chi connectivity index (χ4v) is 3.89. The van der Waals surface area contributed by atoms with Crippen LogP contribution < -0.4 is 20.7 Å². The molecule has 1 aromatic carbocycles. The monoisotopic (exact) mass is 536 g/mol. The summed E-state index contributed by atoms with van der Waals surface area (Å²) in [6, 6.07) is 8.39. The second-order valence-electron chi connectivity index (χ2n) is 9.51. The van der Waals surface area contributed by atoms with E-state index in [-0.39, 0.29) is 34.9 Å². The van der Waals surface area contributed by atoms with Crippen molar-refractivity contribution in [2.75, 3.05) is 31.3 Å². The molecule has 1 aliphatic rings. The number of carbonyl (C=O) groups excluding carboxylic acids is 3. The maximum atomic E-state index is 12.9. The number of amides is 3. The summed E-state index contributed by atoms with van der Waals surface area (Å²) in [5.41, 5.74) is 1.91. The number of anilines is 3. The number of carbonyl (C=O) groups is 3. The SMILES string of the molecule is [B]C([B])([B])NC(=O)c1nnc(NC(=O)C2CC2)cc1Nc1cccc(-c2cc(C(=O)N(C)CC)n(C)n2)c1OC. The summed E-state index contributed by atoms with van der Waals surface area (Å²) in [4.78, 5) is 39.5. The van der Waals surface area contributed by atoms with Crippen molar-refractivity contribution in [1.29, 1.82) is 0 Å². The molecule has 0 spiro atoms. The number of ether oxygens (including phenoxy) is 1. The van der Waals surface area contributed by atoms with Gasteiger partial charge < -0.3 is 25.6 Å². The third-order valence-electron chi connectivity index (χ3n) is 6.22. The van der Waals surface area contributed by atoms with Gasteiger partial charge in [0.1, 0.15) is 5.69 Å². The van der Waals surface area contributed by atoms with Crippen molar-refractivity contribution in [3.05, 3.63) is 41.7 Å². The van der Waals surface area contributed by atoms with Crippen molar-refractivity contribution in [3.8, 4) is 17.0 Å². The van der Waals surface area contributed by atoms with Crippen LogP contribution in [0.15, 0.2) is 30.3 Å². The first-order valence-electron chi connectivity index (χ1n) is 12.5. The molecule has 200 valence electrons. The van der Waals surface area contributed by atoms with Crippen LogP contribution >= 0.6 is 0 Å². The highest BCUT2D eigenvalue weighted by Gasteiger charge is 2.30. The van der Waals surface area contributed by atoms with Crippen molar-refractivity contribution in [2.45, 2.75) is 25.0 Å². The lowest BCUT2D eigenvalue weighted by atomic mass is 9.49. The minimum absolute atomic E-state index is 0.0717. The summed E-state index contributed by atoms with van der Waals surface area (Å²) in [6.45, 7) is 2.42. The largest absolute Gasteiger partial charge is 0.494 e. The first-order chi connectivity index (χ1) is 18.9. The number of aromatic nitrogens is 4. The standard InChI is InChI=1S/C25H27B3N8O4/c1-5-35(2)24(39)18-11-16(34-36(18)3)14-7-6-8-15(21(14)40-4)29-17-12-19(30-22(37)13-9-10-13)32-33-20(17)23(38)31-25(26,27)28/h6-8,11-13H,5,9-10H2,1-4H3,(H,31,38)(H2,29,30,32,37). The van der Waals surface area contributed by atoms with E-state index < -0.39 is 11.1 Å². The lowest BCUT2D eigenvalue weighted by molar-refractivity contribution is -0.117. The van der Waals surface area contributed by atoms with Crippen LogP contribution in [-0.2, 0) is 11.8 Å². The summed E-state index contributed by atoms with van der Waals surface area (Å²) in [5.74, 6) is -0.717. The normalized spacial score (nSPS) is 12.9. The Morgan fingerprint density at radius 2 is 1.88 bits per heavy atom. The molecule has 6 radical (unpaired) electrons. The molecule has 1 saturated carbocycles. The van der Waals surface area contributed by atoms with Gasteiger partial charge in [-0.25, -0.2) is 0 Å². The molecule has 0 bridgehead atoms. The first kappa shape index (κ1) is 28.7. The number of nitrogens with zero attached hydrogens (tertiary/aromatic N) is 5. The van der Waals surface area contributed by atoms with Crippen molar-refractivity contribution < 1.29 is 19.1 Å². The van der Waals surface area contributed by atoms with Gasteiger partial charge in [-0.3, -0.25) is 19.1 Å². The second kappa shape index (κ2) is 11.4. The van der Waals surface area contributed by atoms with Crippen molar-refractivity contribution in [2.24, 2.45) is 13.0 Å². The van der Waals surface area contributed by atoms with Crippen LogP contribution in [-0.4, -0.2) is 92.1 Å². The van der Waals surface area contributed by atoms with Crippen LogP contribution in [0.2, 0.25) is 0 Å². The predicted molar refractivity (Wildman–Crippen MR) is 152 cm³/mol. The van der Waals surface area contributed by atoms with Gasteiger partial charge >= 0.3 is 0 Å². The highest BCUT2D eigenvalue weighted by atomic mass is 16.5. The first-order valence-corrected chi connectivity index (χ1v) is 12.5. The van der Waals surface area contributed by atoms with Crippen molar-refractivity contribution in [1.82, 2.24) is 30.2 Å². The number of hydrogen-bond acceptors (Lipinski definition) is 8. The number of benzene rings is 1. The molecule has 12 nitrogen and oxygen atoms in total. The topological polar surface area (TPSA) is 143 Å². The van der Waals surface area contributed by atoms with Gasteiger partial charge in [0.15, 0.2) is 17.3 Å². The van der Waals surface area contributed by atoms with Crippen LogP contribution in [0.25, 0.3) is 11.3 Å². The zero-order chi connectivity index (χ0) is 29.2. The van der Waals surface area contributed by atoms with Gasteiger partial charge in [0, 0.05) is 38.2 Å².